The molecule has 0 spiro atoms. The Kier molecular flexibility index (Phi) is 4.10. The van der Waals surface area contributed by atoms with E-state index in [1.807, 2.05) is 12.1 Å². The lowest BCUT2D eigenvalue weighted by molar-refractivity contribution is 0.0593. The van der Waals surface area contributed by atoms with Gasteiger partial charge in [-0.05, 0) is 36.1 Å². The molecule has 0 aliphatic heterocycles. The molecule has 1 aromatic heterocycles. The lowest BCUT2D eigenvalue weighted by atomic mass is 10.1. The van der Waals surface area contributed by atoms with Crippen molar-refractivity contribution >= 4 is 11.9 Å². The monoisotopic (exact) mass is 310 g/mol. The lowest BCUT2D eigenvalue weighted by Crippen LogP contribution is -2.31. The lowest BCUT2D eigenvalue weighted by Gasteiger charge is -2.25. The van der Waals surface area contributed by atoms with Crippen molar-refractivity contribution in [3.63, 3.8) is 0 Å². The third-order valence-electron chi connectivity index (χ3n) is 4.25. The number of carbonyl (C=O) groups is 2. The van der Waals surface area contributed by atoms with Gasteiger partial charge in [0.25, 0.3) is 5.91 Å². The van der Waals surface area contributed by atoms with Crippen LogP contribution in [0.1, 0.15) is 44.6 Å². The molecule has 118 valence electrons. The summed E-state index contributed by atoms with van der Waals surface area (Å²) in [6, 6.07) is 13.0. The Bertz CT molecular complexity index is 757. The second-order valence-electron chi connectivity index (χ2n) is 5.57. The van der Waals surface area contributed by atoms with Gasteiger partial charge >= 0.3 is 5.97 Å². The van der Waals surface area contributed by atoms with E-state index in [0.29, 0.717) is 0 Å². The summed E-state index contributed by atoms with van der Waals surface area (Å²) in [6.07, 6.45) is 1.87. The molecule has 0 fully saturated rings. The first kappa shape index (κ1) is 15.2. The first-order valence-electron chi connectivity index (χ1n) is 7.52. The van der Waals surface area contributed by atoms with Crippen LogP contribution in [0.15, 0.2) is 42.5 Å². The highest BCUT2D eigenvalue weighted by atomic mass is 16.5. The van der Waals surface area contributed by atoms with Gasteiger partial charge in [0, 0.05) is 7.05 Å². The fraction of sp³-hybridized carbons (Fsp3) is 0.278. The normalized spacial score (nSPS) is 15.8. The van der Waals surface area contributed by atoms with Crippen molar-refractivity contribution in [2.24, 2.45) is 0 Å². The van der Waals surface area contributed by atoms with Crippen molar-refractivity contribution in [1.82, 2.24) is 9.88 Å². The molecular formula is C18H18N2O3. The molecule has 0 saturated heterocycles. The van der Waals surface area contributed by atoms with Crippen LogP contribution in [0.2, 0.25) is 0 Å². The Morgan fingerprint density at radius 3 is 2.65 bits per heavy atom. The van der Waals surface area contributed by atoms with Crippen LogP contribution >= 0.6 is 0 Å². The van der Waals surface area contributed by atoms with Gasteiger partial charge in [0.15, 0.2) is 0 Å². The Morgan fingerprint density at radius 2 is 1.87 bits per heavy atom. The summed E-state index contributed by atoms with van der Waals surface area (Å²) >= 11 is 0. The van der Waals surface area contributed by atoms with Crippen LogP contribution in [-0.4, -0.2) is 35.9 Å². The average molecular weight is 310 g/mol. The molecule has 0 saturated carbocycles. The molecule has 1 aromatic carbocycles. The summed E-state index contributed by atoms with van der Waals surface area (Å²) in [5.41, 5.74) is 2.86. The van der Waals surface area contributed by atoms with Crippen LogP contribution in [0, 0.1) is 0 Å². The second kappa shape index (κ2) is 6.20. The Morgan fingerprint density at radius 1 is 1.13 bits per heavy atom. The molecule has 5 nitrogen and oxygen atoms in total. The summed E-state index contributed by atoms with van der Waals surface area (Å²) < 4.78 is 4.65. The zero-order valence-electron chi connectivity index (χ0n) is 13.2. The SMILES string of the molecule is COC(=O)c1cccc(C(=O)N(C)[C@H]2CCc3ccccc32)n1. The number of amides is 1. The number of carbonyl (C=O) groups excluding carboxylic acids is 2. The van der Waals surface area contributed by atoms with Crippen molar-refractivity contribution < 1.29 is 14.3 Å². The number of ether oxygens (including phenoxy) is 1. The second-order valence-corrected chi connectivity index (χ2v) is 5.57. The molecular weight excluding hydrogens is 292 g/mol. The van der Waals surface area contributed by atoms with Gasteiger partial charge in [-0.25, -0.2) is 9.78 Å². The molecule has 1 amide bonds. The predicted octanol–water partition coefficient (Wildman–Crippen LogP) is 2.63. The number of fused-ring (bicyclic) bond motifs is 1. The van der Waals surface area contributed by atoms with Crippen molar-refractivity contribution in [2.75, 3.05) is 14.2 Å². The fourth-order valence-electron chi connectivity index (χ4n) is 3.03. The van der Waals surface area contributed by atoms with E-state index < -0.39 is 5.97 Å². The predicted molar refractivity (Wildman–Crippen MR) is 85.2 cm³/mol. The van der Waals surface area contributed by atoms with Gasteiger partial charge in [0.05, 0.1) is 13.2 Å². The summed E-state index contributed by atoms with van der Waals surface area (Å²) in [7, 11) is 3.07. The Hall–Kier alpha value is -2.69. The molecule has 1 atom stereocenters. The number of nitrogens with zero attached hydrogens (tertiary/aromatic N) is 2. The molecule has 5 heteroatoms. The molecule has 1 aliphatic rings. The van der Waals surface area contributed by atoms with Crippen molar-refractivity contribution in [1.29, 1.82) is 0 Å². The molecule has 23 heavy (non-hydrogen) atoms. The summed E-state index contributed by atoms with van der Waals surface area (Å²) in [4.78, 5) is 30.1. The van der Waals surface area contributed by atoms with Gasteiger partial charge in [-0.2, -0.15) is 0 Å². The minimum atomic E-state index is -0.548. The highest BCUT2D eigenvalue weighted by Gasteiger charge is 2.29. The topological polar surface area (TPSA) is 59.5 Å². The molecule has 0 bridgehead atoms. The van der Waals surface area contributed by atoms with Crippen LogP contribution in [0.25, 0.3) is 0 Å². The fourth-order valence-corrected chi connectivity index (χ4v) is 3.03. The van der Waals surface area contributed by atoms with Crippen molar-refractivity contribution in [3.05, 3.63) is 65.0 Å². The van der Waals surface area contributed by atoms with Gasteiger partial charge < -0.3 is 9.64 Å². The van der Waals surface area contributed by atoms with E-state index in [-0.39, 0.29) is 23.3 Å². The summed E-state index contributed by atoms with van der Waals surface area (Å²) in [6.45, 7) is 0. The number of methoxy groups -OCH3 is 1. The van der Waals surface area contributed by atoms with E-state index in [1.165, 1.54) is 24.3 Å². The third kappa shape index (κ3) is 2.82. The largest absolute Gasteiger partial charge is 0.464 e. The number of benzene rings is 1. The highest BCUT2D eigenvalue weighted by molar-refractivity contribution is 5.94. The molecule has 1 heterocycles. The minimum absolute atomic E-state index is 0.0438. The highest BCUT2D eigenvalue weighted by Crippen LogP contribution is 2.35. The molecule has 2 aromatic rings. The molecule has 0 radical (unpaired) electrons. The molecule has 3 rings (SSSR count). The maximum Gasteiger partial charge on any atom is 0.356 e. The van der Waals surface area contributed by atoms with Gasteiger partial charge in [0.1, 0.15) is 11.4 Å². The van der Waals surface area contributed by atoms with Crippen LogP contribution in [0.3, 0.4) is 0 Å². The molecule has 0 N–H and O–H groups in total. The first-order valence-corrected chi connectivity index (χ1v) is 7.52. The first-order chi connectivity index (χ1) is 11.1. The average Bonchev–Trinajstić information content (AvgIpc) is 3.04. The van der Waals surface area contributed by atoms with Crippen LogP contribution in [-0.2, 0) is 11.2 Å². The van der Waals surface area contributed by atoms with Gasteiger partial charge in [-0.15, -0.1) is 0 Å². The number of rotatable bonds is 3. The smallest absolute Gasteiger partial charge is 0.356 e. The quantitative estimate of drug-likeness (QED) is 0.818. The number of aromatic nitrogens is 1. The number of pyridine rings is 1. The van der Waals surface area contributed by atoms with Gasteiger partial charge in [-0.1, -0.05) is 30.3 Å². The van der Waals surface area contributed by atoms with E-state index in [0.717, 1.165) is 12.8 Å². The van der Waals surface area contributed by atoms with Crippen LogP contribution in [0.5, 0.6) is 0 Å². The zero-order valence-corrected chi connectivity index (χ0v) is 13.2. The zero-order chi connectivity index (χ0) is 16.4. The minimum Gasteiger partial charge on any atom is -0.464 e. The van der Waals surface area contributed by atoms with Crippen LogP contribution in [0.4, 0.5) is 0 Å². The maximum atomic E-state index is 12.7. The number of esters is 1. The standard InChI is InChI=1S/C18H18N2O3/c1-20(16-11-10-12-6-3-4-7-13(12)16)17(21)14-8-5-9-15(19-14)18(22)23-2/h3-9,16H,10-11H2,1-2H3/t16-/m0/s1. The summed E-state index contributed by atoms with van der Waals surface area (Å²) in [5.74, 6) is -0.744. The van der Waals surface area contributed by atoms with Crippen LogP contribution < -0.4 is 0 Å². The van der Waals surface area contributed by atoms with E-state index in [9.17, 15) is 9.59 Å². The van der Waals surface area contributed by atoms with E-state index in [2.05, 4.69) is 21.9 Å². The number of aryl methyl sites for hydroxylation is 1. The Balaban J connectivity index is 1.85. The van der Waals surface area contributed by atoms with Gasteiger partial charge in [-0.3, -0.25) is 4.79 Å². The summed E-state index contributed by atoms with van der Waals surface area (Å²) in [5, 5.41) is 0. The van der Waals surface area contributed by atoms with E-state index in [4.69, 9.17) is 0 Å². The number of hydrogen-bond donors (Lipinski definition) is 0. The molecule has 1 aliphatic carbocycles. The number of hydrogen-bond acceptors (Lipinski definition) is 4. The van der Waals surface area contributed by atoms with Gasteiger partial charge in [0.2, 0.25) is 0 Å². The van der Waals surface area contributed by atoms with Crippen molar-refractivity contribution in [3.8, 4) is 0 Å². The Labute approximate surface area is 134 Å². The van der Waals surface area contributed by atoms with E-state index in [1.54, 1.807) is 24.1 Å². The third-order valence-corrected chi connectivity index (χ3v) is 4.25. The van der Waals surface area contributed by atoms with Crippen molar-refractivity contribution in [2.45, 2.75) is 18.9 Å². The van der Waals surface area contributed by atoms with E-state index >= 15 is 0 Å². The molecule has 0 unspecified atom stereocenters. The maximum absolute atomic E-state index is 12.7.